The Morgan fingerprint density at radius 1 is 1.27 bits per heavy atom. The SMILES string of the molecule is CCCC#Cc1cc(CC(=O)NCCO)cc(I)c1Oc1ccc2oc(CCCCl)cc2c1. The molecule has 0 unspecified atom stereocenters. The van der Waals surface area contributed by atoms with Crippen LogP contribution >= 0.6 is 34.2 Å². The van der Waals surface area contributed by atoms with Gasteiger partial charge in [-0.2, -0.15) is 0 Å². The van der Waals surface area contributed by atoms with Gasteiger partial charge in [0.2, 0.25) is 5.91 Å². The fourth-order valence-corrected chi connectivity index (χ4v) is 4.23. The van der Waals surface area contributed by atoms with Gasteiger partial charge in [-0.15, -0.1) is 11.6 Å². The normalized spacial score (nSPS) is 10.7. The van der Waals surface area contributed by atoms with Crippen molar-refractivity contribution in [1.82, 2.24) is 5.32 Å². The van der Waals surface area contributed by atoms with E-state index in [1.165, 1.54) is 0 Å². The molecule has 5 nitrogen and oxygen atoms in total. The molecule has 7 heteroatoms. The summed E-state index contributed by atoms with van der Waals surface area (Å²) in [5, 5.41) is 12.6. The van der Waals surface area contributed by atoms with E-state index in [2.05, 4.69) is 46.7 Å². The minimum atomic E-state index is -0.142. The molecule has 0 aliphatic heterocycles. The Morgan fingerprint density at radius 2 is 2.12 bits per heavy atom. The van der Waals surface area contributed by atoms with Crippen LogP contribution in [0.2, 0.25) is 0 Å². The van der Waals surface area contributed by atoms with E-state index in [-0.39, 0.29) is 25.5 Å². The number of unbranched alkanes of at least 4 members (excludes halogenated alkanes) is 1. The number of furan rings is 1. The van der Waals surface area contributed by atoms with Crippen molar-refractivity contribution in [2.45, 2.75) is 39.0 Å². The molecule has 1 aromatic heterocycles. The van der Waals surface area contributed by atoms with Gasteiger partial charge >= 0.3 is 0 Å². The molecule has 0 aliphatic carbocycles. The predicted molar refractivity (Wildman–Crippen MR) is 140 cm³/mol. The number of halogens is 2. The molecule has 3 aromatic rings. The van der Waals surface area contributed by atoms with Crippen LogP contribution in [0.15, 0.2) is 40.8 Å². The number of benzene rings is 2. The van der Waals surface area contributed by atoms with Crippen molar-refractivity contribution in [3.8, 4) is 23.3 Å². The fourth-order valence-electron chi connectivity index (χ4n) is 3.30. The molecule has 0 saturated carbocycles. The summed E-state index contributed by atoms with van der Waals surface area (Å²) >= 11 is 8.01. The van der Waals surface area contributed by atoms with E-state index >= 15 is 0 Å². The van der Waals surface area contributed by atoms with E-state index in [1.807, 2.05) is 36.4 Å². The molecule has 33 heavy (non-hydrogen) atoms. The predicted octanol–water partition coefficient (Wildman–Crippen LogP) is 5.80. The van der Waals surface area contributed by atoms with Gasteiger partial charge in [0.25, 0.3) is 0 Å². The summed E-state index contributed by atoms with van der Waals surface area (Å²) in [7, 11) is 0. The number of aliphatic hydroxyl groups excluding tert-OH is 1. The molecule has 0 bridgehead atoms. The van der Waals surface area contributed by atoms with E-state index in [0.29, 0.717) is 17.4 Å². The monoisotopic (exact) mass is 579 g/mol. The Balaban J connectivity index is 1.88. The highest BCUT2D eigenvalue weighted by atomic mass is 127. The summed E-state index contributed by atoms with van der Waals surface area (Å²) in [6.45, 7) is 2.24. The third-order valence-corrected chi connectivity index (χ3v) is 5.88. The molecule has 1 amide bonds. The summed E-state index contributed by atoms with van der Waals surface area (Å²) in [6.07, 6.45) is 3.63. The standard InChI is InChI=1S/C26H27ClINO4/c1-2-3-4-6-19-13-18(15-25(31)29-11-12-30)14-23(28)26(19)33-22-8-9-24-20(17-22)16-21(32-24)7-5-10-27/h8-9,13-14,16-17,30H,2-3,5,7,10-12,15H2,1H3,(H,29,31). The zero-order valence-corrected chi connectivity index (χ0v) is 21.5. The van der Waals surface area contributed by atoms with Gasteiger partial charge in [-0.3, -0.25) is 4.79 Å². The van der Waals surface area contributed by atoms with Crippen molar-refractivity contribution in [1.29, 1.82) is 0 Å². The average Bonchev–Trinajstić information content (AvgIpc) is 3.20. The molecule has 174 valence electrons. The number of carbonyl (C=O) groups is 1. The first-order valence-corrected chi connectivity index (χ1v) is 12.6. The van der Waals surface area contributed by atoms with Crippen molar-refractivity contribution in [3.05, 3.63) is 56.9 Å². The Kier molecular flexibility index (Phi) is 9.92. The molecule has 0 fully saturated rings. The number of fused-ring (bicyclic) bond motifs is 1. The number of ether oxygens (including phenoxy) is 1. The van der Waals surface area contributed by atoms with Crippen LogP contribution in [0.3, 0.4) is 0 Å². The van der Waals surface area contributed by atoms with Crippen LogP contribution in [0, 0.1) is 15.4 Å². The van der Waals surface area contributed by atoms with Gasteiger partial charge in [-0.1, -0.05) is 18.8 Å². The topological polar surface area (TPSA) is 71.7 Å². The number of rotatable bonds is 10. The Bertz CT molecular complexity index is 1160. The highest BCUT2D eigenvalue weighted by Crippen LogP contribution is 2.34. The molecule has 2 N–H and O–H groups in total. The van der Waals surface area contributed by atoms with E-state index in [9.17, 15) is 4.79 Å². The molecule has 0 atom stereocenters. The number of amides is 1. The Morgan fingerprint density at radius 3 is 2.88 bits per heavy atom. The maximum absolute atomic E-state index is 12.1. The van der Waals surface area contributed by atoms with E-state index in [4.69, 9.17) is 25.9 Å². The zero-order valence-electron chi connectivity index (χ0n) is 18.5. The maximum Gasteiger partial charge on any atom is 0.224 e. The maximum atomic E-state index is 12.1. The van der Waals surface area contributed by atoms with Gasteiger partial charge < -0.3 is 19.6 Å². The van der Waals surface area contributed by atoms with Crippen LogP contribution in [0.1, 0.15) is 43.1 Å². The molecular formula is C26H27ClINO4. The third-order valence-electron chi connectivity index (χ3n) is 4.82. The lowest BCUT2D eigenvalue weighted by atomic mass is 10.1. The molecule has 0 radical (unpaired) electrons. The Hall–Kier alpha value is -2.21. The van der Waals surface area contributed by atoms with Gasteiger partial charge in [0.1, 0.15) is 17.1 Å². The van der Waals surface area contributed by atoms with Crippen molar-refractivity contribution in [2.24, 2.45) is 0 Å². The molecule has 3 rings (SSSR count). The minimum absolute atomic E-state index is 0.0843. The van der Waals surface area contributed by atoms with E-state index in [0.717, 1.165) is 57.1 Å². The number of aryl methyl sites for hydroxylation is 1. The largest absolute Gasteiger partial charge is 0.461 e. The number of carbonyl (C=O) groups excluding carboxylic acids is 1. The van der Waals surface area contributed by atoms with Crippen molar-refractivity contribution >= 4 is 51.1 Å². The molecular weight excluding hydrogens is 553 g/mol. The highest BCUT2D eigenvalue weighted by molar-refractivity contribution is 14.1. The van der Waals surface area contributed by atoms with Gasteiger partial charge in [0.05, 0.1) is 22.2 Å². The lowest BCUT2D eigenvalue weighted by molar-refractivity contribution is -0.120. The van der Waals surface area contributed by atoms with Crippen LogP contribution in [0.5, 0.6) is 11.5 Å². The van der Waals surface area contributed by atoms with Crippen LogP contribution in [0.25, 0.3) is 11.0 Å². The number of aliphatic hydroxyl groups is 1. The second-order valence-electron chi connectivity index (χ2n) is 7.56. The lowest BCUT2D eigenvalue weighted by Gasteiger charge is -2.13. The fraction of sp³-hybridized carbons (Fsp3) is 0.346. The first-order valence-electron chi connectivity index (χ1n) is 11.0. The minimum Gasteiger partial charge on any atom is -0.461 e. The zero-order chi connectivity index (χ0) is 23.6. The number of hydrogen-bond donors (Lipinski definition) is 2. The van der Waals surface area contributed by atoms with Crippen molar-refractivity contribution < 1.29 is 19.1 Å². The summed E-state index contributed by atoms with van der Waals surface area (Å²) in [6, 6.07) is 11.6. The summed E-state index contributed by atoms with van der Waals surface area (Å²) < 4.78 is 13.0. The molecule has 2 aromatic carbocycles. The van der Waals surface area contributed by atoms with Crippen LogP contribution < -0.4 is 10.1 Å². The van der Waals surface area contributed by atoms with Crippen LogP contribution in [-0.2, 0) is 17.6 Å². The molecule has 1 heterocycles. The smallest absolute Gasteiger partial charge is 0.224 e. The van der Waals surface area contributed by atoms with Gasteiger partial charge in [-0.05, 0) is 77.4 Å². The van der Waals surface area contributed by atoms with Gasteiger partial charge in [-0.25, -0.2) is 0 Å². The first kappa shape index (κ1) is 25.4. The number of alkyl halides is 1. The van der Waals surface area contributed by atoms with Crippen LogP contribution in [-0.4, -0.2) is 30.0 Å². The van der Waals surface area contributed by atoms with Gasteiger partial charge in [0.15, 0.2) is 5.75 Å². The molecule has 0 spiro atoms. The first-order chi connectivity index (χ1) is 16.0. The molecule has 0 aliphatic rings. The van der Waals surface area contributed by atoms with E-state index in [1.54, 1.807) is 0 Å². The average molecular weight is 580 g/mol. The summed E-state index contributed by atoms with van der Waals surface area (Å²) in [5.41, 5.74) is 2.40. The quantitative estimate of drug-likeness (QED) is 0.181. The number of nitrogens with one attached hydrogen (secondary N) is 1. The van der Waals surface area contributed by atoms with Crippen molar-refractivity contribution in [3.63, 3.8) is 0 Å². The summed E-state index contributed by atoms with van der Waals surface area (Å²) in [5.74, 6) is 9.12. The highest BCUT2D eigenvalue weighted by Gasteiger charge is 2.14. The van der Waals surface area contributed by atoms with Crippen molar-refractivity contribution in [2.75, 3.05) is 19.0 Å². The molecule has 0 saturated heterocycles. The number of hydrogen-bond acceptors (Lipinski definition) is 4. The third kappa shape index (κ3) is 7.39. The lowest BCUT2D eigenvalue weighted by Crippen LogP contribution is -2.27. The summed E-state index contributed by atoms with van der Waals surface area (Å²) in [4.78, 5) is 12.1. The second kappa shape index (κ2) is 12.9. The second-order valence-corrected chi connectivity index (χ2v) is 9.10. The van der Waals surface area contributed by atoms with E-state index < -0.39 is 0 Å². The van der Waals surface area contributed by atoms with Gasteiger partial charge in [0, 0.05) is 30.7 Å². The van der Waals surface area contributed by atoms with Crippen LogP contribution in [0.4, 0.5) is 0 Å². The Labute approximate surface area is 213 Å².